The predicted octanol–water partition coefficient (Wildman–Crippen LogP) is 2.56. The number of nitrogens with one attached hydrogen (secondary N) is 1. The van der Waals surface area contributed by atoms with E-state index in [9.17, 15) is 14.4 Å². The number of benzene rings is 1. The van der Waals surface area contributed by atoms with E-state index in [0.29, 0.717) is 18.0 Å². The first kappa shape index (κ1) is 21.1. The summed E-state index contributed by atoms with van der Waals surface area (Å²) in [5.41, 5.74) is 1.23. The molecule has 0 saturated heterocycles. The van der Waals surface area contributed by atoms with E-state index in [-0.39, 0.29) is 11.4 Å². The smallest absolute Gasteiger partial charge is 0.361 e. The number of nitrogens with zero attached hydrogens (tertiary/aromatic N) is 3. The third kappa shape index (κ3) is 4.36. The van der Waals surface area contributed by atoms with Gasteiger partial charge in [-0.05, 0) is 30.0 Å². The Morgan fingerprint density at radius 1 is 1.07 bits per heavy atom. The highest BCUT2D eigenvalue weighted by Gasteiger charge is 2.32. The molecule has 1 N–H and O–H groups in total. The third-order valence-corrected chi connectivity index (χ3v) is 4.28. The van der Waals surface area contributed by atoms with E-state index in [4.69, 9.17) is 4.74 Å². The van der Waals surface area contributed by atoms with E-state index in [1.54, 1.807) is 6.92 Å². The van der Waals surface area contributed by atoms with Crippen LogP contribution in [0.25, 0.3) is 0 Å². The molecule has 0 aliphatic heterocycles. The maximum absolute atomic E-state index is 12.8. The van der Waals surface area contributed by atoms with Crippen LogP contribution in [0, 0.1) is 0 Å². The maximum atomic E-state index is 12.8. The first-order chi connectivity index (χ1) is 13.3. The molecule has 2 rings (SSSR count). The molecule has 2 aromatic rings. The van der Waals surface area contributed by atoms with Gasteiger partial charge in [-0.2, -0.15) is 0 Å². The van der Waals surface area contributed by atoms with E-state index >= 15 is 0 Å². The van der Waals surface area contributed by atoms with Gasteiger partial charge in [0.05, 0.1) is 14.2 Å². The van der Waals surface area contributed by atoms with Crippen molar-refractivity contribution in [3.05, 3.63) is 41.2 Å². The van der Waals surface area contributed by atoms with Gasteiger partial charge in [-0.15, -0.1) is 5.10 Å². The van der Waals surface area contributed by atoms with Gasteiger partial charge in [0.1, 0.15) is 6.04 Å². The van der Waals surface area contributed by atoms with Crippen LogP contribution in [0.3, 0.4) is 0 Å². The molecule has 9 nitrogen and oxygen atoms in total. The number of carbonyl (C=O) groups is 3. The fourth-order valence-corrected chi connectivity index (χ4v) is 2.68. The molecular weight excluding hydrogens is 364 g/mol. The number of rotatable bonds is 7. The minimum Gasteiger partial charge on any atom is -0.464 e. The van der Waals surface area contributed by atoms with E-state index in [1.165, 1.54) is 0 Å². The number of amides is 1. The summed E-state index contributed by atoms with van der Waals surface area (Å²) >= 11 is 0. The number of esters is 2. The summed E-state index contributed by atoms with van der Waals surface area (Å²) in [5, 5.41) is 10.3. The maximum Gasteiger partial charge on any atom is 0.361 e. The Hall–Kier alpha value is -3.23. The Bertz CT molecular complexity index is 858. The van der Waals surface area contributed by atoms with Crippen molar-refractivity contribution in [2.45, 2.75) is 39.2 Å². The van der Waals surface area contributed by atoms with Crippen LogP contribution in [0.5, 0.6) is 0 Å². The van der Waals surface area contributed by atoms with E-state index in [2.05, 4.69) is 34.2 Å². The number of anilines is 1. The molecule has 0 spiro atoms. The van der Waals surface area contributed by atoms with Crippen LogP contribution >= 0.6 is 0 Å². The SMILES string of the molecule is CC[C@@H](C(=O)Nc1ccc(C(C)C)cc1)n1nnc(C(=O)OC)c1C(=O)OC. The molecule has 1 heterocycles. The van der Waals surface area contributed by atoms with Crippen molar-refractivity contribution in [3.63, 3.8) is 0 Å². The molecule has 1 aromatic carbocycles. The molecule has 0 aliphatic carbocycles. The van der Waals surface area contributed by atoms with Crippen molar-refractivity contribution < 1.29 is 23.9 Å². The minimum atomic E-state index is -0.871. The van der Waals surface area contributed by atoms with Crippen LogP contribution in [0.4, 0.5) is 5.69 Å². The Kier molecular flexibility index (Phi) is 6.86. The predicted molar refractivity (Wildman–Crippen MR) is 101 cm³/mol. The van der Waals surface area contributed by atoms with Crippen molar-refractivity contribution in [2.75, 3.05) is 19.5 Å². The zero-order valence-corrected chi connectivity index (χ0v) is 16.6. The molecule has 0 radical (unpaired) electrons. The Balaban J connectivity index is 2.33. The molecule has 0 bridgehead atoms. The number of hydrogen-bond acceptors (Lipinski definition) is 7. The minimum absolute atomic E-state index is 0.230. The van der Waals surface area contributed by atoms with Gasteiger partial charge in [0.2, 0.25) is 11.6 Å². The number of hydrogen-bond donors (Lipinski definition) is 1. The summed E-state index contributed by atoms with van der Waals surface area (Å²) < 4.78 is 10.4. The van der Waals surface area contributed by atoms with Crippen molar-refractivity contribution in [3.8, 4) is 0 Å². The molecule has 150 valence electrons. The molecular formula is C19H24N4O5. The highest BCUT2D eigenvalue weighted by atomic mass is 16.5. The molecule has 0 fully saturated rings. The lowest BCUT2D eigenvalue weighted by Crippen LogP contribution is -2.29. The highest BCUT2D eigenvalue weighted by molar-refractivity contribution is 6.01. The molecule has 1 atom stereocenters. The Labute approximate surface area is 163 Å². The Morgan fingerprint density at radius 3 is 2.18 bits per heavy atom. The summed E-state index contributed by atoms with van der Waals surface area (Å²) in [4.78, 5) is 36.9. The molecule has 1 aromatic heterocycles. The largest absolute Gasteiger partial charge is 0.464 e. The van der Waals surface area contributed by atoms with Crippen LogP contribution in [0.15, 0.2) is 24.3 Å². The van der Waals surface area contributed by atoms with Gasteiger partial charge in [-0.1, -0.05) is 38.1 Å². The molecule has 0 unspecified atom stereocenters. The van der Waals surface area contributed by atoms with Crippen molar-refractivity contribution >= 4 is 23.5 Å². The second-order valence-corrected chi connectivity index (χ2v) is 6.40. The monoisotopic (exact) mass is 388 g/mol. The Morgan fingerprint density at radius 2 is 1.68 bits per heavy atom. The normalized spacial score (nSPS) is 11.8. The fourth-order valence-electron chi connectivity index (χ4n) is 2.68. The standard InChI is InChI=1S/C19H24N4O5/c1-6-14(17(24)20-13-9-7-12(8-10-13)11(2)3)23-16(19(26)28-5)15(21-22-23)18(25)27-4/h7-11,14H,6H2,1-5H3,(H,20,24)/t14-/m0/s1. The molecule has 0 aliphatic rings. The summed E-state index contributed by atoms with van der Waals surface area (Å²) in [6.07, 6.45) is 0.309. The second-order valence-electron chi connectivity index (χ2n) is 6.40. The van der Waals surface area contributed by atoms with Crippen molar-refractivity contribution in [2.24, 2.45) is 0 Å². The molecule has 28 heavy (non-hydrogen) atoms. The van der Waals surface area contributed by atoms with Gasteiger partial charge in [0, 0.05) is 5.69 Å². The zero-order valence-electron chi connectivity index (χ0n) is 16.6. The van der Waals surface area contributed by atoms with Crippen LogP contribution in [0.1, 0.15) is 65.7 Å². The summed E-state index contributed by atoms with van der Waals surface area (Å²) in [6, 6.07) is 6.62. The van der Waals surface area contributed by atoms with E-state index in [1.807, 2.05) is 24.3 Å². The first-order valence-electron chi connectivity index (χ1n) is 8.86. The number of aromatic nitrogens is 3. The van der Waals surface area contributed by atoms with E-state index < -0.39 is 23.9 Å². The van der Waals surface area contributed by atoms with Gasteiger partial charge in [0.15, 0.2) is 5.69 Å². The van der Waals surface area contributed by atoms with Gasteiger partial charge in [-0.25, -0.2) is 14.3 Å². The quantitative estimate of drug-likeness (QED) is 0.725. The van der Waals surface area contributed by atoms with Crippen molar-refractivity contribution in [1.82, 2.24) is 15.0 Å². The number of carbonyl (C=O) groups excluding carboxylic acids is 3. The van der Waals surface area contributed by atoms with Gasteiger partial charge in [-0.3, -0.25) is 4.79 Å². The van der Waals surface area contributed by atoms with Crippen LogP contribution < -0.4 is 5.32 Å². The number of ether oxygens (including phenoxy) is 2. The van der Waals surface area contributed by atoms with Gasteiger partial charge in [0.25, 0.3) is 0 Å². The second kappa shape index (κ2) is 9.12. The van der Waals surface area contributed by atoms with Crippen LogP contribution in [-0.4, -0.2) is 47.1 Å². The summed E-state index contributed by atoms with van der Waals surface area (Å²) in [6.45, 7) is 5.92. The third-order valence-electron chi connectivity index (χ3n) is 4.28. The first-order valence-corrected chi connectivity index (χ1v) is 8.86. The van der Waals surface area contributed by atoms with E-state index in [0.717, 1.165) is 24.5 Å². The average molecular weight is 388 g/mol. The lowest BCUT2D eigenvalue weighted by molar-refractivity contribution is -0.119. The summed E-state index contributed by atoms with van der Waals surface area (Å²) in [5.74, 6) is -1.70. The molecule has 9 heteroatoms. The lowest BCUT2D eigenvalue weighted by atomic mass is 10.0. The molecule has 0 saturated carbocycles. The van der Waals surface area contributed by atoms with Gasteiger partial charge < -0.3 is 14.8 Å². The van der Waals surface area contributed by atoms with Crippen LogP contribution in [-0.2, 0) is 14.3 Å². The van der Waals surface area contributed by atoms with Gasteiger partial charge >= 0.3 is 11.9 Å². The fraction of sp³-hybridized carbons (Fsp3) is 0.421. The van der Waals surface area contributed by atoms with Crippen LogP contribution in [0.2, 0.25) is 0 Å². The average Bonchev–Trinajstić information content (AvgIpc) is 3.12. The topological polar surface area (TPSA) is 112 Å². The molecule has 1 amide bonds. The number of methoxy groups -OCH3 is 2. The lowest BCUT2D eigenvalue weighted by Gasteiger charge is -2.17. The zero-order chi connectivity index (χ0) is 20.8. The van der Waals surface area contributed by atoms with Crippen molar-refractivity contribution in [1.29, 1.82) is 0 Å². The summed E-state index contributed by atoms with van der Waals surface area (Å²) in [7, 11) is 2.32. The highest BCUT2D eigenvalue weighted by Crippen LogP contribution is 2.21.